The van der Waals surface area contributed by atoms with E-state index in [-0.39, 0.29) is 24.9 Å². The summed E-state index contributed by atoms with van der Waals surface area (Å²) < 4.78 is 15.4. The van der Waals surface area contributed by atoms with Gasteiger partial charge in [0.2, 0.25) is 0 Å². The minimum absolute atomic E-state index is 0.0124. The number of aliphatic hydroxyl groups excluding tert-OH is 1. The van der Waals surface area contributed by atoms with Crippen molar-refractivity contribution in [2.75, 3.05) is 26.3 Å². The highest BCUT2D eigenvalue weighted by atomic mass is 16.7. The van der Waals surface area contributed by atoms with E-state index in [1.807, 2.05) is 9.80 Å². The summed E-state index contributed by atoms with van der Waals surface area (Å²) in [5.74, 6) is 0.0248. The van der Waals surface area contributed by atoms with Crippen LogP contribution < -0.4 is 0 Å². The Morgan fingerprint density at radius 3 is 0.959 bits per heavy atom. The van der Waals surface area contributed by atoms with Gasteiger partial charge >= 0.3 is 0 Å². The Labute approximate surface area is 454 Å². The molecule has 0 atom stereocenters. The zero-order chi connectivity index (χ0) is 53.6. The molecule has 2 amide bonds. The number of hydrogen-bond acceptors (Lipinski definition) is 9. The predicted molar refractivity (Wildman–Crippen MR) is 301 cm³/mol. The first kappa shape index (κ1) is 61.9. The topological polar surface area (TPSA) is 104 Å². The molecule has 4 saturated heterocycles. The lowest BCUT2D eigenvalue weighted by Gasteiger charge is -2.56. The zero-order valence-electron chi connectivity index (χ0n) is 50.0. The van der Waals surface area contributed by atoms with Gasteiger partial charge in [-0.3, -0.25) is 19.3 Å². The SMILES string of the molecule is CCCCCCCCON1C(C)(C)CC2(CC1(C)C)OC1(CCCCCCCCCCC1)N(CC(O)CN1C(=O)C3(CC(C)(C)N(OCCCCCCCC)C(C)(C)C3)OC13CCCCCCCCCCC3)C2=O. The lowest BCUT2D eigenvalue weighted by atomic mass is 9.72. The van der Waals surface area contributed by atoms with Crippen molar-refractivity contribution in [3.63, 3.8) is 0 Å². The van der Waals surface area contributed by atoms with Crippen molar-refractivity contribution in [2.24, 2.45) is 0 Å². The number of aliphatic hydroxyl groups is 1. The third-order valence-corrected chi connectivity index (χ3v) is 18.6. The van der Waals surface area contributed by atoms with Crippen LogP contribution in [-0.4, -0.2) is 114 Å². The first-order valence-electron chi connectivity index (χ1n) is 31.8. The highest BCUT2D eigenvalue weighted by molar-refractivity contribution is 5.89. The summed E-state index contributed by atoms with van der Waals surface area (Å²) in [6.45, 7) is 23.9. The van der Waals surface area contributed by atoms with Gasteiger partial charge in [0.25, 0.3) is 11.8 Å². The van der Waals surface area contributed by atoms with Crippen LogP contribution in [0, 0.1) is 0 Å². The van der Waals surface area contributed by atoms with Crippen LogP contribution in [0.4, 0.5) is 0 Å². The number of hydroxylamine groups is 4. The third kappa shape index (κ3) is 15.5. The molecule has 2 aliphatic carbocycles. The lowest BCUT2D eigenvalue weighted by Crippen LogP contribution is -2.67. The zero-order valence-corrected chi connectivity index (χ0v) is 50.0. The smallest absolute Gasteiger partial charge is 0.257 e. The second-order valence-corrected chi connectivity index (χ2v) is 27.7. The predicted octanol–water partition coefficient (Wildman–Crippen LogP) is 15.4. The van der Waals surface area contributed by atoms with Gasteiger partial charge in [0.05, 0.1) is 32.4 Å². The Kier molecular flexibility index (Phi) is 23.2. The van der Waals surface area contributed by atoms with Crippen LogP contribution in [0.3, 0.4) is 0 Å². The van der Waals surface area contributed by atoms with Gasteiger partial charge in [0.15, 0.2) is 11.2 Å². The molecule has 11 nitrogen and oxygen atoms in total. The van der Waals surface area contributed by atoms with Crippen LogP contribution in [-0.2, 0) is 28.7 Å². The Hall–Kier alpha value is -1.34. The van der Waals surface area contributed by atoms with Crippen LogP contribution in [0.25, 0.3) is 0 Å². The molecule has 1 N–H and O–H groups in total. The molecule has 0 aromatic heterocycles. The van der Waals surface area contributed by atoms with Crippen LogP contribution in [0.1, 0.15) is 313 Å². The van der Waals surface area contributed by atoms with E-state index in [2.05, 4.69) is 79.4 Å². The number of hydrogen-bond donors (Lipinski definition) is 1. The minimum Gasteiger partial charge on any atom is -0.389 e. The second kappa shape index (κ2) is 27.7. The maximum absolute atomic E-state index is 15.9. The number of β-amino-alcohol motifs (C(OH)–C–C–N with tert-alkyl or cyclic N) is 1. The number of rotatable bonds is 20. The van der Waals surface area contributed by atoms with E-state index in [9.17, 15) is 5.11 Å². The maximum Gasteiger partial charge on any atom is 0.257 e. The molecule has 2 saturated carbocycles. The summed E-state index contributed by atoms with van der Waals surface area (Å²) >= 11 is 0. The first-order chi connectivity index (χ1) is 35.2. The van der Waals surface area contributed by atoms with E-state index in [1.54, 1.807) is 0 Å². The fraction of sp³-hybridized carbons (Fsp3) is 0.968. The van der Waals surface area contributed by atoms with Crippen molar-refractivity contribution in [1.29, 1.82) is 0 Å². The Morgan fingerprint density at radius 2 is 0.676 bits per heavy atom. The quantitative estimate of drug-likeness (QED) is 0.119. The number of carbonyl (C=O) groups is 2. The van der Waals surface area contributed by atoms with Gasteiger partial charge in [0, 0.05) is 47.8 Å². The molecule has 4 aliphatic heterocycles. The van der Waals surface area contributed by atoms with Crippen LogP contribution in [0.15, 0.2) is 0 Å². The molecule has 4 spiro atoms. The number of nitrogens with zero attached hydrogens (tertiary/aromatic N) is 4. The number of unbranched alkanes of at least 4 members (excludes halogenated alkanes) is 10. The summed E-state index contributed by atoms with van der Waals surface area (Å²) in [5.41, 5.74) is -5.71. The standard InChI is InChI=1S/C63H116N4O7/c1-11-13-15-17-33-39-45-71-66-56(3,4)49-60(50-57(66,5)6)54(69)64(62(73-60)41-35-29-25-21-19-22-26-30-36-42-62)47-53(68)48-65-55(70)61(74-63(65)43-37-31-27-23-20-24-28-32-38-44-63)51-58(7,8)67(59(9,10)52-61)72-46-40-34-18-16-14-12-2/h53,68H,11-52H2,1-10H3. The van der Waals surface area contributed by atoms with E-state index in [0.717, 1.165) is 89.9 Å². The van der Waals surface area contributed by atoms with E-state index in [4.69, 9.17) is 19.1 Å². The number of piperidine rings is 2. The molecule has 6 rings (SSSR count). The Morgan fingerprint density at radius 1 is 0.419 bits per heavy atom. The van der Waals surface area contributed by atoms with Gasteiger partial charge in [-0.25, -0.2) is 0 Å². The number of ether oxygens (including phenoxy) is 2. The van der Waals surface area contributed by atoms with Gasteiger partial charge < -0.3 is 24.4 Å². The van der Waals surface area contributed by atoms with Crippen molar-refractivity contribution >= 4 is 11.8 Å². The molecule has 6 fully saturated rings. The highest BCUT2D eigenvalue weighted by Crippen LogP contribution is 2.56. The van der Waals surface area contributed by atoms with Crippen molar-refractivity contribution in [3.8, 4) is 0 Å². The van der Waals surface area contributed by atoms with Gasteiger partial charge in [-0.15, -0.1) is 0 Å². The molecular weight excluding hydrogens is 925 g/mol. The number of amides is 2. The second-order valence-electron chi connectivity index (χ2n) is 27.7. The largest absolute Gasteiger partial charge is 0.389 e. The molecule has 0 aromatic carbocycles. The molecule has 0 unspecified atom stereocenters. The summed E-state index contributed by atoms with van der Waals surface area (Å²) in [6.07, 6.45) is 39.3. The Balaban J connectivity index is 1.29. The van der Waals surface area contributed by atoms with Crippen molar-refractivity contribution in [3.05, 3.63) is 0 Å². The van der Waals surface area contributed by atoms with E-state index in [0.29, 0.717) is 38.9 Å². The van der Waals surface area contributed by atoms with Gasteiger partial charge in [-0.2, -0.15) is 10.1 Å². The average molecular weight is 1040 g/mol. The normalized spacial score (nSPS) is 26.6. The molecule has 0 radical (unpaired) electrons. The van der Waals surface area contributed by atoms with E-state index < -0.39 is 50.9 Å². The lowest BCUT2D eigenvalue weighted by molar-refractivity contribution is -0.310. The van der Waals surface area contributed by atoms with Crippen LogP contribution in [0.2, 0.25) is 0 Å². The van der Waals surface area contributed by atoms with E-state index >= 15 is 9.59 Å². The van der Waals surface area contributed by atoms with Crippen LogP contribution in [0.5, 0.6) is 0 Å². The summed E-state index contributed by atoms with van der Waals surface area (Å²) in [4.78, 5) is 49.4. The fourth-order valence-electron chi connectivity index (χ4n) is 15.9. The minimum atomic E-state index is -1.06. The molecule has 0 bridgehead atoms. The number of carbonyl (C=O) groups excluding carboxylic acids is 2. The molecule has 430 valence electrons. The highest BCUT2D eigenvalue weighted by Gasteiger charge is 2.69. The molecule has 0 aromatic rings. The van der Waals surface area contributed by atoms with Crippen molar-refractivity contribution in [2.45, 2.75) is 364 Å². The molecule has 11 heteroatoms. The van der Waals surface area contributed by atoms with Crippen molar-refractivity contribution in [1.82, 2.24) is 19.9 Å². The van der Waals surface area contributed by atoms with Crippen LogP contribution >= 0.6 is 0 Å². The first-order valence-corrected chi connectivity index (χ1v) is 31.8. The van der Waals surface area contributed by atoms with Gasteiger partial charge in [0.1, 0.15) is 11.4 Å². The maximum atomic E-state index is 15.9. The molecule has 74 heavy (non-hydrogen) atoms. The molecule has 6 aliphatic rings. The summed E-state index contributed by atoms with van der Waals surface area (Å²) in [7, 11) is 0. The Bertz CT molecular complexity index is 1520. The van der Waals surface area contributed by atoms with E-state index in [1.165, 1.54) is 128 Å². The molecule has 4 heterocycles. The summed E-state index contributed by atoms with van der Waals surface area (Å²) in [5, 5.41) is 17.3. The van der Waals surface area contributed by atoms with Crippen molar-refractivity contribution < 1.29 is 33.8 Å². The average Bonchev–Trinajstić information content (AvgIpc) is 3.64. The summed E-state index contributed by atoms with van der Waals surface area (Å²) in [6, 6.07) is 0. The van der Waals surface area contributed by atoms with Gasteiger partial charge in [-0.05, 0) is 120 Å². The molecular formula is C63H116N4O7. The van der Waals surface area contributed by atoms with Gasteiger partial charge in [-0.1, -0.05) is 168 Å². The monoisotopic (exact) mass is 1040 g/mol. The fourth-order valence-corrected chi connectivity index (χ4v) is 15.9. The third-order valence-electron chi connectivity index (χ3n) is 18.6.